The smallest absolute Gasteiger partial charge is 0.238 e. The Hall–Kier alpha value is -1.10. The first-order valence-corrected chi connectivity index (χ1v) is 6.84. The average molecular weight is 298 g/mol. The SMILES string of the molecule is Cc1ccc(C)c(NC(=O)CN(C)C2CCNC2)c1.Cl. The first-order chi connectivity index (χ1) is 9.06. The number of nitrogens with one attached hydrogen (secondary N) is 2. The molecule has 1 aliphatic heterocycles. The molecule has 1 atom stereocenters. The van der Waals surface area contributed by atoms with Crippen LogP contribution in [0.5, 0.6) is 0 Å². The molecule has 1 heterocycles. The minimum Gasteiger partial charge on any atom is -0.325 e. The summed E-state index contributed by atoms with van der Waals surface area (Å²) >= 11 is 0. The molecule has 1 aliphatic rings. The minimum absolute atomic E-state index is 0. The minimum atomic E-state index is 0. The van der Waals surface area contributed by atoms with Crippen LogP contribution in [0.4, 0.5) is 5.69 Å². The van der Waals surface area contributed by atoms with Crippen LogP contribution in [0.1, 0.15) is 17.5 Å². The second kappa shape index (κ2) is 7.62. The Balaban J connectivity index is 0.00000200. The van der Waals surface area contributed by atoms with Crippen LogP contribution in [0.3, 0.4) is 0 Å². The molecule has 0 aliphatic carbocycles. The third-order valence-corrected chi connectivity index (χ3v) is 3.72. The number of hydrogen-bond donors (Lipinski definition) is 2. The predicted octanol–water partition coefficient (Wildman–Crippen LogP) is 1.96. The lowest BCUT2D eigenvalue weighted by atomic mass is 10.1. The number of likely N-dealkylation sites (N-methyl/N-ethyl adjacent to an activating group) is 1. The van der Waals surface area contributed by atoms with Crippen LogP contribution in [-0.4, -0.2) is 43.5 Å². The lowest BCUT2D eigenvalue weighted by molar-refractivity contribution is -0.117. The van der Waals surface area contributed by atoms with Gasteiger partial charge in [-0.25, -0.2) is 0 Å². The molecule has 1 fully saturated rings. The quantitative estimate of drug-likeness (QED) is 0.893. The van der Waals surface area contributed by atoms with Gasteiger partial charge in [0.25, 0.3) is 0 Å². The van der Waals surface area contributed by atoms with Gasteiger partial charge in [0.1, 0.15) is 0 Å². The Kier molecular flexibility index (Phi) is 6.46. The molecule has 1 amide bonds. The number of carbonyl (C=O) groups excluding carboxylic acids is 1. The normalized spacial score (nSPS) is 17.9. The highest BCUT2D eigenvalue weighted by Gasteiger charge is 2.20. The molecule has 5 heteroatoms. The van der Waals surface area contributed by atoms with Crippen molar-refractivity contribution >= 4 is 24.0 Å². The van der Waals surface area contributed by atoms with Gasteiger partial charge in [-0.3, -0.25) is 9.69 Å². The van der Waals surface area contributed by atoms with Crippen LogP contribution in [0.2, 0.25) is 0 Å². The highest BCUT2D eigenvalue weighted by molar-refractivity contribution is 5.93. The maximum atomic E-state index is 12.1. The average Bonchev–Trinajstić information content (AvgIpc) is 2.87. The molecule has 2 rings (SSSR count). The summed E-state index contributed by atoms with van der Waals surface area (Å²) in [4.78, 5) is 14.2. The fourth-order valence-electron chi connectivity index (χ4n) is 2.43. The van der Waals surface area contributed by atoms with Crippen LogP contribution in [0, 0.1) is 13.8 Å². The van der Waals surface area contributed by atoms with E-state index in [0.717, 1.165) is 36.3 Å². The Morgan fingerprint density at radius 3 is 2.85 bits per heavy atom. The van der Waals surface area contributed by atoms with Gasteiger partial charge in [0.05, 0.1) is 6.54 Å². The summed E-state index contributed by atoms with van der Waals surface area (Å²) in [5.74, 6) is 0.0584. The zero-order chi connectivity index (χ0) is 13.8. The number of nitrogens with zero attached hydrogens (tertiary/aromatic N) is 1. The lowest BCUT2D eigenvalue weighted by Crippen LogP contribution is -2.39. The molecule has 0 radical (unpaired) electrons. The van der Waals surface area contributed by atoms with Gasteiger partial charge in [-0.15, -0.1) is 12.4 Å². The predicted molar refractivity (Wildman–Crippen MR) is 85.7 cm³/mol. The summed E-state index contributed by atoms with van der Waals surface area (Å²) < 4.78 is 0. The molecule has 112 valence electrons. The van der Waals surface area contributed by atoms with Crippen molar-refractivity contribution in [2.75, 3.05) is 32.0 Å². The van der Waals surface area contributed by atoms with E-state index in [1.54, 1.807) is 0 Å². The summed E-state index contributed by atoms with van der Waals surface area (Å²) in [6, 6.07) is 6.59. The lowest BCUT2D eigenvalue weighted by Gasteiger charge is -2.22. The van der Waals surface area contributed by atoms with Crippen molar-refractivity contribution < 1.29 is 4.79 Å². The Morgan fingerprint density at radius 2 is 2.20 bits per heavy atom. The van der Waals surface area contributed by atoms with Crippen molar-refractivity contribution in [3.05, 3.63) is 29.3 Å². The Bertz CT molecular complexity index is 458. The molecule has 1 saturated heterocycles. The second-order valence-electron chi connectivity index (χ2n) is 5.43. The van der Waals surface area contributed by atoms with Crippen LogP contribution in [-0.2, 0) is 4.79 Å². The number of hydrogen-bond acceptors (Lipinski definition) is 3. The number of halogens is 1. The monoisotopic (exact) mass is 297 g/mol. The van der Waals surface area contributed by atoms with Crippen molar-refractivity contribution in [2.24, 2.45) is 0 Å². The highest BCUT2D eigenvalue weighted by Crippen LogP contribution is 2.16. The number of aryl methyl sites for hydroxylation is 2. The molecule has 0 bridgehead atoms. The molecule has 0 saturated carbocycles. The van der Waals surface area contributed by atoms with E-state index in [1.165, 1.54) is 0 Å². The first-order valence-electron chi connectivity index (χ1n) is 6.84. The molecule has 0 spiro atoms. The van der Waals surface area contributed by atoms with Gasteiger partial charge < -0.3 is 10.6 Å². The van der Waals surface area contributed by atoms with Crippen molar-refractivity contribution in [1.29, 1.82) is 0 Å². The molecule has 20 heavy (non-hydrogen) atoms. The molecule has 1 unspecified atom stereocenters. The number of anilines is 1. The van der Waals surface area contributed by atoms with Gasteiger partial charge in [-0.2, -0.15) is 0 Å². The van der Waals surface area contributed by atoms with Crippen LogP contribution < -0.4 is 10.6 Å². The third kappa shape index (κ3) is 4.47. The van der Waals surface area contributed by atoms with Crippen LogP contribution >= 0.6 is 12.4 Å². The van der Waals surface area contributed by atoms with Gasteiger partial charge in [0.15, 0.2) is 0 Å². The summed E-state index contributed by atoms with van der Waals surface area (Å²) in [7, 11) is 2.01. The van der Waals surface area contributed by atoms with Crippen molar-refractivity contribution in [2.45, 2.75) is 26.3 Å². The third-order valence-electron chi connectivity index (χ3n) is 3.72. The van der Waals surface area contributed by atoms with E-state index in [-0.39, 0.29) is 18.3 Å². The van der Waals surface area contributed by atoms with Gasteiger partial charge in [0.2, 0.25) is 5.91 Å². The van der Waals surface area contributed by atoms with E-state index < -0.39 is 0 Å². The zero-order valence-electron chi connectivity index (χ0n) is 12.4. The van der Waals surface area contributed by atoms with Gasteiger partial charge >= 0.3 is 0 Å². The van der Waals surface area contributed by atoms with Crippen molar-refractivity contribution in [3.8, 4) is 0 Å². The molecule has 2 N–H and O–H groups in total. The zero-order valence-corrected chi connectivity index (χ0v) is 13.2. The number of rotatable bonds is 4. The summed E-state index contributed by atoms with van der Waals surface area (Å²) in [6.45, 7) is 6.52. The Morgan fingerprint density at radius 1 is 1.45 bits per heavy atom. The number of amides is 1. The fourth-order valence-corrected chi connectivity index (χ4v) is 2.43. The summed E-state index contributed by atoms with van der Waals surface area (Å²) in [5, 5.41) is 6.32. The molecule has 1 aromatic carbocycles. The van der Waals surface area contributed by atoms with Crippen LogP contribution in [0.25, 0.3) is 0 Å². The molecule has 4 nitrogen and oxygen atoms in total. The maximum absolute atomic E-state index is 12.1. The highest BCUT2D eigenvalue weighted by atomic mass is 35.5. The topological polar surface area (TPSA) is 44.4 Å². The summed E-state index contributed by atoms with van der Waals surface area (Å²) in [5.41, 5.74) is 3.18. The van der Waals surface area contributed by atoms with Crippen molar-refractivity contribution in [3.63, 3.8) is 0 Å². The van der Waals surface area contributed by atoms with Gasteiger partial charge in [-0.05, 0) is 51.1 Å². The number of benzene rings is 1. The van der Waals surface area contributed by atoms with Crippen LogP contribution in [0.15, 0.2) is 18.2 Å². The summed E-state index contributed by atoms with van der Waals surface area (Å²) in [6.07, 6.45) is 1.12. The molecule has 1 aromatic rings. The maximum Gasteiger partial charge on any atom is 0.238 e. The van der Waals surface area contributed by atoms with E-state index >= 15 is 0 Å². The van der Waals surface area contributed by atoms with E-state index in [1.807, 2.05) is 33.0 Å². The number of carbonyl (C=O) groups is 1. The van der Waals surface area contributed by atoms with Gasteiger partial charge in [0, 0.05) is 18.3 Å². The first kappa shape index (κ1) is 17.0. The van der Waals surface area contributed by atoms with E-state index in [9.17, 15) is 4.79 Å². The van der Waals surface area contributed by atoms with E-state index in [0.29, 0.717) is 12.6 Å². The molecular formula is C15H24ClN3O. The fraction of sp³-hybridized carbons (Fsp3) is 0.533. The second-order valence-corrected chi connectivity index (χ2v) is 5.43. The standard InChI is InChI=1S/C15H23N3O.ClH/c1-11-4-5-12(2)14(8-11)17-15(19)10-18(3)13-6-7-16-9-13;/h4-5,8,13,16H,6-7,9-10H2,1-3H3,(H,17,19);1H. The van der Waals surface area contributed by atoms with E-state index in [2.05, 4.69) is 21.6 Å². The Labute approximate surface area is 127 Å². The van der Waals surface area contributed by atoms with Gasteiger partial charge in [-0.1, -0.05) is 12.1 Å². The molecule has 0 aromatic heterocycles. The molecular weight excluding hydrogens is 274 g/mol. The van der Waals surface area contributed by atoms with Crippen molar-refractivity contribution in [1.82, 2.24) is 10.2 Å². The van der Waals surface area contributed by atoms with E-state index in [4.69, 9.17) is 0 Å². The largest absolute Gasteiger partial charge is 0.325 e.